The molecule has 1 aliphatic rings. The minimum absolute atomic E-state index is 0.000535. The van der Waals surface area contributed by atoms with Gasteiger partial charge in [0, 0.05) is 24.3 Å². The predicted octanol–water partition coefficient (Wildman–Crippen LogP) is 4.13. The van der Waals surface area contributed by atoms with Gasteiger partial charge in [-0.25, -0.2) is 4.98 Å². The first-order valence-corrected chi connectivity index (χ1v) is 10.5. The lowest BCUT2D eigenvalue weighted by Gasteiger charge is -2.10. The Bertz CT molecular complexity index is 849. The molecule has 3 aromatic rings. The third-order valence-corrected chi connectivity index (χ3v) is 5.56. The van der Waals surface area contributed by atoms with Crippen molar-refractivity contribution in [3.05, 3.63) is 60.7 Å². The molecule has 1 saturated heterocycles. The topological polar surface area (TPSA) is 67.0 Å². The number of hydrogen-bond acceptors (Lipinski definition) is 4. The molecule has 2 heterocycles. The average Bonchev–Trinajstić information content (AvgIpc) is 3.42. The maximum Gasteiger partial charge on any atom is 0.230 e. The second kappa shape index (κ2) is 9.08. The molecule has 5 nitrogen and oxygen atoms in total. The van der Waals surface area contributed by atoms with Crippen LogP contribution in [0.1, 0.15) is 12.8 Å². The lowest BCUT2D eigenvalue weighted by molar-refractivity contribution is -0.119. The summed E-state index contributed by atoms with van der Waals surface area (Å²) in [4.78, 5) is 20.3. The third kappa shape index (κ3) is 4.64. The minimum Gasteiger partial charge on any atom is -0.376 e. The molecule has 4 rings (SSSR count). The van der Waals surface area contributed by atoms with Crippen LogP contribution in [0.25, 0.3) is 22.5 Å². The highest BCUT2D eigenvalue weighted by Crippen LogP contribution is 2.32. The monoisotopic (exact) mass is 393 g/mol. The van der Waals surface area contributed by atoms with E-state index in [0.29, 0.717) is 12.3 Å². The number of rotatable bonds is 7. The molecule has 2 N–H and O–H groups in total. The quantitative estimate of drug-likeness (QED) is 0.592. The van der Waals surface area contributed by atoms with Gasteiger partial charge < -0.3 is 15.0 Å². The highest BCUT2D eigenvalue weighted by molar-refractivity contribution is 7.99. The summed E-state index contributed by atoms with van der Waals surface area (Å²) in [7, 11) is 0. The van der Waals surface area contributed by atoms with Gasteiger partial charge >= 0.3 is 0 Å². The smallest absolute Gasteiger partial charge is 0.230 e. The van der Waals surface area contributed by atoms with E-state index in [1.54, 1.807) is 0 Å². The number of aromatic nitrogens is 2. The molecule has 1 aliphatic heterocycles. The molecule has 6 heteroatoms. The summed E-state index contributed by atoms with van der Waals surface area (Å²) in [5.41, 5.74) is 3.99. The Morgan fingerprint density at radius 2 is 1.82 bits per heavy atom. The molecular formula is C22H23N3O2S. The van der Waals surface area contributed by atoms with Gasteiger partial charge in [0.25, 0.3) is 0 Å². The van der Waals surface area contributed by atoms with E-state index in [2.05, 4.69) is 22.4 Å². The van der Waals surface area contributed by atoms with Crippen LogP contribution in [0.3, 0.4) is 0 Å². The fraction of sp³-hybridized carbons (Fsp3) is 0.273. The van der Waals surface area contributed by atoms with Crippen LogP contribution in [0.15, 0.2) is 65.8 Å². The molecule has 1 unspecified atom stereocenters. The van der Waals surface area contributed by atoms with E-state index in [9.17, 15) is 4.79 Å². The number of amides is 1. The van der Waals surface area contributed by atoms with Gasteiger partial charge in [0.15, 0.2) is 5.16 Å². The van der Waals surface area contributed by atoms with Crippen molar-refractivity contribution >= 4 is 17.7 Å². The van der Waals surface area contributed by atoms with E-state index in [1.807, 2.05) is 48.5 Å². The van der Waals surface area contributed by atoms with Crippen molar-refractivity contribution in [3.63, 3.8) is 0 Å². The van der Waals surface area contributed by atoms with E-state index < -0.39 is 0 Å². The Hall–Kier alpha value is -2.57. The lowest BCUT2D eigenvalue weighted by Crippen LogP contribution is -2.32. The molecule has 0 saturated carbocycles. The van der Waals surface area contributed by atoms with Gasteiger partial charge in [0.05, 0.1) is 23.2 Å². The molecule has 2 aromatic carbocycles. The lowest BCUT2D eigenvalue weighted by atomic mass is 10.1. The summed E-state index contributed by atoms with van der Waals surface area (Å²) in [5.74, 6) is 0.322. The van der Waals surface area contributed by atoms with Crippen molar-refractivity contribution in [1.29, 1.82) is 0 Å². The Kier molecular flexibility index (Phi) is 6.09. The van der Waals surface area contributed by atoms with Crippen molar-refractivity contribution in [3.8, 4) is 22.5 Å². The maximum absolute atomic E-state index is 12.2. The molecule has 0 bridgehead atoms. The van der Waals surface area contributed by atoms with Crippen LogP contribution in [-0.4, -0.2) is 40.9 Å². The summed E-state index contributed by atoms with van der Waals surface area (Å²) in [6.45, 7) is 1.38. The molecule has 1 amide bonds. The molecule has 0 aliphatic carbocycles. The zero-order chi connectivity index (χ0) is 19.2. The Morgan fingerprint density at radius 3 is 2.50 bits per heavy atom. The number of imidazole rings is 1. The van der Waals surface area contributed by atoms with Crippen LogP contribution < -0.4 is 5.32 Å². The largest absolute Gasteiger partial charge is 0.376 e. The average molecular weight is 394 g/mol. The van der Waals surface area contributed by atoms with Crippen LogP contribution in [0.4, 0.5) is 0 Å². The number of H-pyrrole nitrogens is 1. The molecule has 28 heavy (non-hydrogen) atoms. The van der Waals surface area contributed by atoms with Gasteiger partial charge in [-0.3, -0.25) is 4.79 Å². The number of carbonyl (C=O) groups is 1. The number of nitrogens with zero attached hydrogens (tertiary/aromatic N) is 1. The number of benzene rings is 2. The second-order valence-corrected chi connectivity index (χ2v) is 7.69. The molecule has 1 atom stereocenters. The molecule has 0 spiro atoms. The number of aromatic amines is 1. The number of thioether (sulfide) groups is 1. The van der Waals surface area contributed by atoms with Crippen LogP contribution in [-0.2, 0) is 9.53 Å². The number of nitrogens with one attached hydrogen (secondary N) is 2. The van der Waals surface area contributed by atoms with Crippen molar-refractivity contribution in [2.45, 2.75) is 24.1 Å². The molecular weight excluding hydrogens is 370 g/mol. The van der Waals surface area contributed by atoms with Gasteiger partial charge in [-0.1, -0.05) is 72.4 Å². The fourth-order valence-corrected chi connectivity index (χ4v) is 3.96. The molecule has 1 fully saturated rings. The zero-order valence-electron chi connectivity index (χ0n) is 15.6. The number of hydrogen-bond donors (Lipinski definition) is 2. The third-order valence-electron chi connectivity index (χ3n) is 4.68. The zero-order valence-corrected chi connectivity index (χ0v) is 16.4. The van der Waals surface area contributed by atoms with Crippen molar-refractivity contribution in [2.24, 2.45) is 0 Å². The first-order valence-electron chi connectivity index (χ1n) is 9.51. The fourth-order valence-electron chi connectivity index (χ4n) is 3.26. The Balaban J connectivity index is 1.47. The summed E-state index contributed by atoms with van der Waals surface area (Å²) in [6.07, 6.45) is 2.26. The molecule has 144 valence electrons. The van der Waals surface area contributed by atoms with Crippen LogP contribution in [0, 0.1) is 0 Å². The van der Waals surface area contributed by atoms with Crippen molar-refractivity contribution in [1.82, 2.24) is 15.3 Å². The SMILES string of the molecule is O=C(CSc1nc(-c2ccccc2)c(-c2ccccc2)[nH]1)NCC1CCCO1. The minimum atomic E-state index is -0.000535. The highest BCUT2D eigenvalue weighted by Gasteiger charge is 2.17. The van der Waals surface area contributed by atoms with Crippen LogP contribution >= 0.6 is 11.8 Å². The standard InChI is InChI=1S/C22H23N3O2S/c26-19(23-14-18-12-7-13-27-18)15-28-22-24-20(16-8-3-1-4-9-16)21(25-22)17-10-5-2-6-11-17/h1-6,8-11,18H,7,12-15H2,(H,23,26)(H,24,25). The van der Waals surface area contributed by atoms with E-state index in [-0.39, 0.29) is 12.0 Å². The molecule has 0 radical (unpaired) electrons. The van der Waals surface area contributed by atoms with E-state index in [1.165, 1.54) is 11.8 Å². The van der Waals surface area contributed by atoms with E-state index in [0.717, 1.165) is 47.1 Å². The van der Waals surface area contributed by atoms with Gasteiger partial charge in [-0.05, 0) is 12.8 Å². The predicted molar refractivity (Wildman–Crippen MR) is 112 cm³/mol. The maximum atomic E-state index is 12.2. The first kappa shape index (κ1) is 18.8. The Labute approximate surface area is 168 Å². The summed E-state index contributed by atoms with van der Waals surface area (Å²) in [6, 6.07) is 20.2. The highest BCUT2D eigenvalue weighted by atomic mass is 32.2. The van der Waals surface area contributed by atoms with Gasteiger partial charge in [0.2, 0.25) is 5.91 Å². The molecule has 1 aromatic heterocycles. The summed E-state index contributed by atoms with van der Waals surface area (Å²) < 4.78 is 5.54. The first-order chi connectivity index (χ1) is 13.8. The number of ether oxygens (including phenoxy) is 1. The van der Waals surface area contributed by atoms with Crippen molar-refractivity contribution in [2.75, 3.05) is 18.9 Å². The normalized spacial score (nSPS) is 16.2. The van der Waals surface area contributed by atoms with Gasteiger partial charge in [0.1, 0.15) is 0 Å². The van der Waals surface area contributed by atoms with Gasteiger partial charge in [-0.15, -0.1) is 0 Å². The number of carbonyl (C=O) groups excluding carboxylic acids is 1. The summed E-state index contributed by atoms with van der Waals surface area (Å²) >= 11 is 1.42. The van der Waals surface area contributed by atoms with Gasteiger partial charge in [-0.2, -0.15) is 0 Å². The van der Waals surface area contributed by atoms with Crippen LogP contribution in [0.2, 0.25) is 0 Å². The van der Waals surface area contributed by atoms with Crippen LogP contribution in [0.5, 0.6) is 0 Å². The Morgan fingerprint density at radius 1 is 1.11 bits per heavy atom. The second-order valence-electron chi connectivity index (χ2n) is 6.73. The van der Waals surface area contributed by atoms with E-state index >= 15 is 0 Å². The summed E-state index contributed by atoms with van der Waals surface area (Å²) in [5, 5.41) is 3.69. The van der Waals surface area contributed by atoms with E-state index in [4.69, 9.17) is 9.72 Å². The van der Waals surface area contributed by atoms with Crippen molar-refractivity contribution < 1.29 is 9.53 Å².